The van der Waals surface area contributed by atoms with Crippen LogP contribution in [0.3, 0.4) is 0 Å². The second kappa shape index (κ2) is 2.13. The van der Waals surface area contributed by atoms with Gasteiger partial charge in [-0.2, -0.15) is 0 Å². The van der Waals surface area contributed by atoms with Gasteiger partial charge in [0, 0.05) is 0 Å². The van der Waals surface area contributed by atoms with Crippen LogP contribution in [-0.2, 0) is 6.42 Å². The smallest absolute Gasteiger partial charge is 0.00733 e. The van der Waals surface area contributed by atoms with E-state index in [9.17, 15) is 0 Å². The maximum absolute atomic E-state index is 4.08. The Balaban J connectivity index is 2.76. The fourth-order valence-electron chi connectivity index (χ4n) is 0.455. The van der Waals surface area contributed by atoms with Crippen molar-refractivity contribution < 1.29 is 0 Å². The maximum atomic E-state index is 4.08. The lowest BCUT2D eigenvalue weighted by molar-refractivity contribution is 1.09. The van der Waals surface area contributed by atoms with Crippen molar-refractivity contribution >= 4 is 8.19 Å². The number of nitrogens with zero attached hydrogens (tertiary/aromatic N) is 1. The Hall–Kier alpha value is -0.290. The molecule has 1 heterocycles. The molecule has 0 saturated carbocycles. The molecule has 38 valence electrons. The molecule has 0 atom stereocenters. The summed E-state index contributed by atoms with van der Waals surface area (Å²) < 4.78 is 0. The highest BCUT2D eigenvalue weighted by Gasteiger charge is 1.69. The molecule has 0 aliphatic heterocycles. The van der Waals surface area contributed by atoms with Crippen LogP contribution in [0.1, 0.15) is 12.3 Å². The van der Waals surface area contributed by atoms with E-state index in [0.717, 1.165) is 6.42 Å². The maximum Gasteiger partial charge on any atom is -0.00733 e. The Morgan fingerprint density at radius 3 is 3.00 bits per heavy atom. The SMILES string of the molecule is CCc1ncc[p-]1. The minimum absolute atomic E-state index is 1.09. The van der Waals surface area contributed by atoms with Gasteiger partial charge in [-0.05, 0) is 12.6 Å². The molecule has 0 aliphatic rings. The lowest BCUT2D eigenvalue weighted by atomic mass is 10.5. The van der Waals surface area contributed by atoms with E-state index in [1.807, 2.05) is 6.20 Å². The first kappa shape index (κ1) is 4.86. The van der Waals surface area contributed by atoms with E-state index >= 15 is 0 Å². The standard InChI is InChI=1S/C5H7NP/c1-2-5-6-3-4-7-5/h3-4H,2H2,1H3/q-1. The Morgan fingerprint density at radius 2 is 2.71 bits per heavy atom. The van der Waals surface area contributed by atoms with Gasteiger partial charge >= 0.3 is 0 Å². The van der Waals surface area contributed by atoms with Gasteiger partial charge in [0.05, 0.1) is 0 Å². The van der Waals surface area contributed by atoms with Crippen molar-refractivity contribution in [3.05, 3.63) is 17.4 Å². The normalized spacial score (nSPS) is 10.4. The minimum Gasteiger partial charge on any atom is -0.506 e. The Labute approximate surface area is 44.9 Å². The summed E-state index contributed by atoms with van der Waals surface area (Å²) in [4.78, 5) is 4.08. The van der Waals surface area contributed by atoms with Crippen molar-refractivity contribution in [2.45, 2.75) is 13.3 Å². The van der Waals surface area contributed by atoms with Crippen molar-refractivity contribution in [3.63, 3.8) is 0 Å². The molecule has 0 aromatic carbocycles. The average molecular weight is 112 g/mol. The molecule has 1 rings (SSSR count). The Kier molecular flexibility index (Phi) is 1.48. The first-order valence-corrected chi connectivity index (χ1v) is 3.32. The third-order valence-corrected chi connectivity index (χ3v) is 1.84. The number of rotatable bonds is 1. The lowest BCUT2D eigenvalue weighted by Crippen LogP contribution is -1.69. The molecule has 0 spiro atoms. The first-order chi connectivity index (χ1) is 3.43. The summed E-state index contributed by atoms with van der Waals surface area (Å²) in [5, 5.41) is 0. The van der Waals surface area contributed by atoms with Crippen LogP contribution in [0.15, 0.2) is 12.0 Å². The van der Waals surface area contributed by atoms with Crippen molar-refractivity contribution in [2.24, 2.45) is 0 Å². The second-order valence-electron chi connectivity index (χ2n) is 1.33. The summed E-state index contributed by atoms with van der Waals surface area (Å²) in [6.45, 7) is 2.12. The summed E-state index contributed by atoms with van der Waals surface area (Å²) >= 11 is 0. The molecule has 1 nitrogen and oxygen atoms in total. The molecule has 2 heteroatoms. The molecule has 1 aromatic rings. The zero-order chi connectivity index (χ0) is 5.11. The minimum atomic E-state index is 1.09. The summed E-state index contributed by atoms with van der Waals surface area (Å²) in [5.41, 5.74) is 1.28. The van der Waals surface area contributed by atoms with E-state index in [0.29, 0.717) is 0 Å². The summed E-state index contributed by atoms with van der Waals surface area (Å²) in [6.07, 6.45) is 2.95. The predicted molar refractivity (Wildman–Crippen MR) is 31.7 cm³/mol. The number of aryl methyl sites for hydroxylation is 1. The highest BCUT2D eigenvalue weighted by molar-refractivity contribution is 7.29. The summed E-state index contributed by atoms with van der Waals surface area (Å²) in [7, 11) is 1.29. The topological polar surface area (TPSA) is 12.9 Å². The molecule has 0 N–H and O–H groups in total. The zero-order valence-electron chi connectivity index (χ0n) is 4.26. The third kappa shape index (κ3) is 1.04. The van der Waals surface area contributed by atoms with E-state index in [4.69, 9.17) is 0 Å². The fourth-order valence-corrected chi connectivity index (χ4v) is 1.08. The van der Waals surface area contributed by atoms with Crippen LogP contribution in [0.2, 0.25) is 0 Å². The van der Waals surface area contributed by atoms with Gasteiger partial charge in [0.15, 0.2) is 0 Å². The molecule has 0 saturated heterocycles. The van der Waals surface area contributed by atoms with Crippen LogP contribution in [0, 0.1) is 0 Å². The molecule has 0 unspecified atom stereocenters. The lowest BCUT2D eigenvalue weighted by Gasteiger charge is -1.93. The molecule has 7 heavy (non-hydrogen) atoms. The van der Waals surface area contributed by atoms with Crippen LogP contribution in [-0.4, -0.2) is 4.98 Å². The molecule has 0 fully saturated rings. The number of hydrogen-bond acceptors (Lipinski definition) is 1. The van der Waals surface area contributed by atoms with Crippen molar-refractivity contribution in [3.8, 4) is 0 Å². The fraction of sp³-hybridized carbons (Fsp3) is 0.400. The average Bonchev–Trinajstić information content (AvgIpc) is 2.14. The number of hydrogen-bond donors (Lipinski definition) is 0. The van der Waals surface area contributed by atoms with Gasteiger partial charge in [-0.3, -0.25) is 4.98 Å². The molecular formula is C5H7NP-. The van der Waals surface area contributed by atoms with Crippen molar-refractivity contribution in [1.82, 2.24) is 4.98 Å². The van der Waals surface area contributed by atoms with Gasteiger partial charge in [0.1, 0.15) is 0 Å². The highest BCUT2D eigenvalue weighted by Crippen LogP contribution is 2.09. The van der Waals surface area contributed by atoms with Gasteiger partial charge in [-0.25, -0.2) is 5.80 Å². The van der Waals surface area contributed by atoms with Gasteiger partial charge < -0.3 is 8.19 Å². The van der Waals surface area contributed by atoms with Crippen LogP contribution in [0.25, 0.3) is 0 Å². The Morgan fingerprint density at radius 1 is 1.86 bits per heavy atom. The van der Waals surface area contributed by atoms with E-state index in [1.54, 1.807) is 0 Å². The molecule has 0 radical (unpaired) electrons. The Bertz CT molecular complexity index is 123. The molecule has 1 aromatic heterocycles. The van der Waals surface area contributed by atoms with E-state index in [2.05, 4.69) is 17.7 Å². The van der Waals surface area contributed by atoms with Gasteiger partial charge in [0.25, 0.3) is 0 Å². The van der Waals surface area contributed by atoms with E-state index in [1.165, 1.54) is 13.6 Å². The number of aromatic nitrogens is 1. The second-order valence-corrected chi connectivity index (χ2v) is 2.40. The van der Waals surface area contributed by atoms with Crippen LogP contribution < -0.4 is 0 Å². The van der Waals surface area contributed by atoms with Crippen molar-refractivity contribution in [2.75, 3.05) is 0 Å². The third-order valence-electron chi connectivity index (χ3n) is 0.830. The van der Waals surface area contributed by atoms with Crippen LogP contribution in [0.5, 0.6) is 0 Å². The van der Waals surface area contributed by atoms with Gasteiger partial charge in [-0.15, -0.1) is 5.43 Å². The first-order valence-electron chi connectivity index (χ1n) is 2.36. The van der Waals surface area contributed by atoms with E-state index in [-0.39, 0.29) is 0 Å². The van der Waals surface area contributed by atoms with Crippen LogP contribution in [0.4, 0.5) is 0 Å². The monoisotopic (exact) mass is 112 g/mol. The van der Waals surface area contributed by atoms with Crippen molar-refractivity contribution in [1.29, 1.82) is 0 Å². The molecule has 0 amide bonds. The quantitative estimate of drug-likeness (QED) is 0.541. The van der Waals surface area contributed by atoms with Crippen LogP contribution >= 0.6 is 8.19 Å². The highest BCUT2D eigenvalue weighted by atomic mass is 31.0. The van der Waals surface area contributed by atoms with Gasteiger partial charge in [0.2, 0.25) is 0 Å². The molecular weight excluding hydrogens is 105 g/mol. The largest absolute Gasteiger partial charge is 0.506 e. The van der Waals surface area contributed by atoms with Gasteiger partial charge in [-0.1, -0.05) is 6.92 Å². The zero-order valence-corrected chi connectivity index (χ0v) is 5.15. The molecule has 0 aliphatic carbocycles. The van der Waals surface area contributed by atoms with E-state index < -0.39 is 0 Å². The molecule has 0 bridgehead atoms. The summed E-state index contributed by atoms with van der Waals surface area (Å²) in [6, 6.07) is 0. The summed E-state index contributed by atoms with van der Waals surface area (Å²) in [5.74, 6) is 2.05. The predicted octanol–water partition coefficient (Wildman–Crippen LogP) is 1.94.